The van der Waals surface area contributed by atoms with Crippen molar-refractivity contribution in [2.75, 3.05) is 32.5 Å². The fourth-order valence-corrected chi connectivity index (χ4v) is 4.70. The topological polar surface area (TPSA) is 69.6 Å². The van der Waals surface area contributed by atoms with Crippen LogP contribution in [0.15, 0.2) is 16.6 Å². The van der Waals surface area contributed by atoms with Crippen molar-refractivity contribution >= 4 is 39.8 Å². The van der Waals surface area contributed by atoms with E-state index in [1.165, 1.54) is 4.88 Å². The van der Waals surface area contributed by atoms with Crippen LogP contribution in [0.4, 0.5) is 5.13 Å². The Morgan fingerprint density at radius 3 is 2.61 bits per heavy atom. The number of thiazole rings is 1. The van der Waals surface area contributed by atoms with Crippen molar-refractivity contribution in [2.45, 2.75) is 50.9 Å². The van der Waals surface area contributed by atoms with Gasteiger partial charge in [-0.05, 0) is 51.5 Å². The molecule has 1 aliphatic carbocycles. The van der Waals surface area contributed by atoms with Crippen LogP contribution < -0.4 is 10.6 Å². The molecular weight excluding hydrogens is 394 g/mol. The number of likely N-dealkylation sites (N-methyl/N-ethyl adjacent to an activating group) is 1. The van der Waals surface area contributed by atoms with Gasteiger partial charge in [-0.3, -0.25) is 9.79 Å². The average Bonchev–Trinajstić information content (AvgIpc) is 2.98. The van der Waals surface area contributed by atoms with Crippen LogP contribution in [0.3, 0.4) is 0 Å². The molecule has 0 aromatic carbocycles. The van der Waals surface area contributed by atoms with Gasteiger partial charge in [-0.15, -0.1) is 22.9 Å². The summed E-state index contributed by atoms with van der Waals surface area (Å²) >= 11 is 7.91. The van der Waals surface area contributed by atoms with Crippen LogP contribution in [0.1, 0.15) is 36.3 Å². The number of carbonyl (C=O) groups is 1. The van der Waals surface area contributed by atoms with E-state index in [4.69, 9.17) is 11.6 Å². The number of amidine groups is 1. The molecule has 2 N–H and O–H groups in total. The predicted octanol–water partition coefficient (Wildman–Crippen LogP) is 3.35. The van der Waals surface area contributed by atoms with Gasteiger partial charge in [-0.1, -0.05) is 0 Å². The molecule has 2 heterocycles. The number of aliphatic imine (C=N–C) groups is 1. The Labute approximate surface area is 176 Å². The van der Waals surface area contributed by atoms with E-state index in [0.717, 1.165) is 43.1 Å². The van der Waals surface area contributed by atoms with Crippen LogP contribution in [0.5, 0.6) is 0 Å². The van der Waals surface area contributed by atoms with Gasteiger partial charge in [-0.25, -0.2) is 4.98 Å². The first-order valence-corrected chi connectivity index (χ1v) is 11.2. The maximum Gasteiger partial charge on any atom is 0.254 e. The molecule has 1 fully saturated rings. The lowest BCUT2D eigenvalue weighted by Crippen LogP contribution is -2.43. The molecule has 0 radical (unpaired) electrons. The molecule has 1 aromatic rings. The van der Waals surface area contributed by atoms with E-state index in [-0.39, 0.29) is 17.3 Å². The summed E-state index contributed by atoms with van der Waals surface area (Å²) in [6.07, 6.45) is 6.03. The zero-order chi connectivity index (χ0) is 20.3. The zero-order valence-corrected chi connectivity index (χ0v) is 18.7. The van der Waals surface area contributed by atoms with Gasteiger partial charge in [0.25, 0.3) is 5.91 Å². The van der Waals surface area contributed by atoms with E-state index in [1.807, 2.05) is 32.0 Å². The SMILES string of the molecule is Cc1nc(NC[C@H]2CC[C@H](NC(=O)C3=CC(Cl)CN=C3N(C)C)CC2)sc1C. The smallest absolute Gasteiger partial charge is 0.254 e. The van der Waals surface area contributed by atoms with E-state index in [2.05, 4.69) is 27.5 Å². The van der Waals surface area contributed by atoms with Crippen LogP contribution in [-0.4, -0.2) is 60.2 Å². The molecule has 0 spiro atoms. The van der Waals surface area contributed by atoms with E-state index in [1.54, 1.807) is 11.3 Å². The van der Waals surface area contributed by atoms with E-state index in [9.17, 15) is 4.79 Å². The fourth-order valence-electron chi connectivity index (χ4n) is 3.68. The number of alkyl halides is 1. The second kappa shape index (κ2) is 9.27. The van der Waals surface area contributed by atoms with Crippen LogP contribution in [0, 0.1) is 19.8 Å². The first-order chi connectivity index (χ1) is 13.3. The summed E-state index contributed by atoms with van der Waals surface area (Å²) in [5.74, 6) is 1.27. The van der Waals surface area contributed by atoms with Gasteiger partial charge >= 0.3 is 0 Å². The monoisotopic (exact) mass is 423 g/mol. The van der Waals surface area contributed by atoms with Crippen molar-refractivity contribution in [1.29, 1.82) is 0 Å². The standard InChI is InChI=1S/C20H30ClN5OS/c1-12-13(2)28-20(24-12)23-10-14-5-7-16(8-6-14)25-19(27)17-9-15(21)11-22-18(17)26(3)4/h9,14-16H,5-8,10-11H2,1-4H3,(H,23,24)(H,25,27)/t14-,15?,16-. The van der Waals surface area contributed by atoms with E-state index in [0.29, 0.717) is 23.9 Å². The number of anilines is 1. The number of amides is 1. The molecule has 0 saturated heterocycles. The normalized spacial score (nSPS) is 25.0. The van der Waals surface area contributed by atoms with E-state index >= 15 is 0 Å². The molecule has 0 bridgehead atoms. The minimum absolute atomic E-state index is 0.0619. The predicted molar refractivity (Wildman–Crippen MR) is 118 cm³/mol. The molecule has 1 aliphatic heterocycles. The van der Waals surface area contributed by atoms with Gasteiger partial charge < -0.3 is 15.5 Å². The van der Waals surface area contributed by atoms with Crippen molar-refractivity contribution in [1.82, 2.24) is 15.2 Å². The van der Waals surface area contributed by atoms with Crippen molar-refractivity contribution < 1.29 is 4.79 Å². The molecule has 6 nitrogen and oxygen atoms in total. The number of nitrogens with zero attached hydrogens (tertiary/aromatic N) is 3. The minimum atomic E-state index is -0.218. The number of carbonyl (C=O) groups excluding carboxylic acids is 1. The molecular formula is C20H30ClN5OS. The van der Waals surface area contributed by atoms with Gasteiger partial charge in [0.1, 0.15) is 5.84 Å². The second-order valence-corrected chi connectivity index (χ2v) is 9.65. The molecule has 2 aliphatic rings. The van der Waals surface area contributed by atoms with Gasteiger partial charge in [0.2, 0.25) is 0 Å². The quantitative estimate of drug-likeness (QED) is 0.712. The minimum Gasteiger partial charge on any atom is -0.362 e. The first kappa shape index (κ1) is 21.1. The summed E-state index contributed by atoms with van der Waals surface area (Å²) in [5, 5.41) is 7.47. The third-order valence-electron chi connectivity index (χ3n) is 5.42. The average molecular weight is 424 g/mol. The van der Waals surface area contributed by atoms with Crippen molar-refractivity contribution in [3.8, 4) is 0 Å². The lowest BCUT2D eigenvalue weighted by molar-refractivity contribution is -0.118. The van der Waals surface area contributed by atoms with Gasteiger partial charge in [0.05, 0.1) is 23.2 Å². The number of nitrogens with one attached hydrogen (secondary N) is 2. The Kier molecular flexibility index (Phi) is 6.99. The maximum atomic E-state index is 12.8. The third kappa shape index (κ3) is 5.26. The molecule has 8 heteroatoms. The van der Waals surface area contributed by atoms with Crippen LogP contribution >= 0.6 is 22.9 Å². The Balaban J connectivity index is 1.47. The highest BCUT2D eigenvalue weighted by Gasteiger charge is 2.27. The summed E-state index contributed by atoms with van der Waals surface area (Å²) in [6, 6.07) is 0.216. The first-order valence-electron chi connectivity index (χ1n) is 9.90. The third-order valence-corrected chi connectivity index (χ3v) is 6.72. The second-order valence-electron chi connectivity index (χ2n) is 7.89. The highest BCUT2D eigenvalue weighted by molar-refractivity contribution is 7.15. The number of aromatic nitrogens is 1. The maximum absolute atomic E-state index is 12.8. The number of aryl methyl sites for hydroxylation is 2. The summed E-state index contributed by atoms with van der Waals surface area (Å²) in [4.78, 5) is 24.9. The molecule has 1 aromatic heterocycles. The van der Waals surface area contributed by atoms with Crippen molar-refractivity contribution in [2.24, 2.45) is 10.9 Å². The Hall–Kier alpha value is -1.60. The molecule has 3 rings (SSSR count). The van der Waals surface area contributed by atoms with Crippen LogP contribution in [-0.2, 0) is 4.79 Å². The Morgan fingerprint density at radius 2 is 2.00 bits per heavy atom. The fraction of sp³-hybridized carbons (Fsp3) is 0.650. The lowest BCUT2D eigenvalue weighted by Gasteiger charge is -2.30. The van der Waals surface area contributed by atoms with Gasteiger partial charge in [0, 0.05) is 31.6 Å². The van der Waals surface area contributed by atoms with Crippen LogP contribution in [0.25, 0.3) is 0 Å². The summed E-state index contributed by atoms with van der Waals surface area (Å²) in [6.45, 7) is 5.61. The van der Waals surface area contributed by atoms with Crippen LogP contribution in [0.2, 0.25) is 0 Å². The molecule has 1 unspecified atom stereocenters. The molecule has 28 heavy (non-hydrogen) atoms. The summed E-state index contributed by atoms with van der Waals surface area (Å²) in [5.41, 5.74) is 1.70. The van der Waals surface area contributed by atoms with E-state index < -0.39 is 0 Å². The largest absolute Gasteiger partial charge is 0.362 e. The summed E-state index contributed by atoms with van der Waals surface area (Å²) < 4.78 is 0. The molecule has 1 saturated carbocycles. The van der Waals surface area contributed by atoms with Crippen molar-refractivity contribution in [3.63, 3.8) is 0 Å². The molecule has 1 amide bonds. The highest BCUT2D eigenvalue weighted by atomic mass is 35.5. The number of hydrogen-bond donors (Lipinski definition) is 2. The lowest BCUT2D eigenvalue weighted by atomic mass is 9.86. The molecule has 154 valence electrons. The Morgan fingerprint density at radius 1 is 1.29 bits per heavy atom. The zero-order valence-electron chi connectivity index (χ0n) is 17.1. The Bertz CT molecular complexity index is 745. The highest BCUT2D eigenvalue weighted by Crippen LogP contribution is 2.27. The number of hydrogen-bond acceptors (Lipinski definition) is 6. The number of halogens is 1. The number of dihydropyridines is 1. The number of rotatable bonds is 5. The van der Waals surface area contributed by atoms with Crippen molar-refractivity contribution in [3.05, 3.63) is 22.2 Å². The molecule has 1 atom stereocenters. The van der Waals surface area contributed by atoms with Gasteiger partial charge in [-0.2, -0.15) is 0 Å². The van der Waals surface area contributed by atoms with Gasteiger partial charge in [0.15, 0.2) is 5.13 Å². The summed E-state index contributed by atoms with van der Waals surface area (Å²) in [7, 11) is 3.80.